The van der Waals surface area contributed by atoms with E-state index in [0.29, 0.717) is 6.54 Å². The molecule has 1 atom stereocenters. The van der Waals surface area contributed by atoms with Crippen molar-refractivity contribution < 1.29 is 23.2 Å². The molecule has 0 saturated heterocycles. The Morgan fingerprint density at radius 3 is 2.50 bits per heavy atom. The van der Waals surface area contributed by atoms with Crippen LogP contribution in [-0.4, -0.2) is 49.2 Å². The lowest BCUT2D eigenvalue weighted by atomic mass is 10.1. The van der Waals surface area contributed by atoms with Gasteiger partial charge in [-0.3, -0.25) is 5.32 Å². The van der Waals surface area contributed by atoms with Gasteiger partial charge >= 0.3 is 6.03 Å². The summed E-state index contributed by atoms with van der Waals surface area (Å²) in [4.78, 5) is 13.8. The molecule has 0 aliphatic heterocycles. The summed E-state index contributed by atoms with van der Waals surface area (Å²) in [6.07, 6.45) is -0.552. The van der Waals surface area contributed by atoms with Crippen LogP contribution in [0.15, 0.2) is 10.6 Å². The number of urea groups is 1. The molecule has 1 aromatic rings. The lowest BCUT2D eigenvalue weighted by Crippen LogP contribution is -2.48. The summed E-state index contributed by atoms with van der Waals surface area (Å²) in [6.45, 7) is 6.77. The third-order valence-electron chi connectivity index (χ3n) is 3.28. The number of ether oxygens (including phenoxy) is 2. The minimum atomic E-state index is -1.66. The first-order chi connectivity index (χ1) is 10.2. The smallest absolute Gasteiger partial charge is 0.323 e. The normalized spacial score (nSPS) is 13.3. The number of rotatable bonds is 7. The Morgan fingerprint density at radius 2 is 2.09 bits per heavy atom. The first-order valence-corrected chi connectivity index (χ1v) is 7.03. The molecule has 0 fully saturated rings. The Balaban J connectivity index is 2.79. The highest BCUT2D eigenvalue weighted by Gasteiger charge is 2.28. The Labute approximate surface area is 129 Å². The highest BCUT2D eigenvalue weighted by atomic mass is 19.1. The topological polar surface area (TPSA) is 76.8 Å². The number of methoxy groups -OCH3 is 2. The molecule has 0 spiro atoms. The largest absolute Gasteiger partial charge is 0.356 e. The number of hydrogen-bond donors (Lipinski definition) is 1. The highest BCUT2D eigenvalue weighted by molar-refractivity contribution is 5.88. The highest BCUT2D eigenvalue weighted by Crippen LogP contribution is 2.26. The zero-order valence-corrected chi connectivity index (χ0v) is 13.8. The Morgan fingerprint density at radius 1 is 1.50 bits per heavy atom. The average Bonchev–Trinajstić information content (AvgIpc) is 2.89. The molecular weight excluding hydrogens is 293 g/mol. The van der Waals surface area contributed by atoms with E-state index in [1.165, 1.54) is 39.0 Å². The van der Waals surface area contributed by atoms with Gasteiger partial charge in [-0.25, -0.2) is 9.18 Å². The van der Waals surface area contributed by atoms with Crippen LogP contribution in [0.2, 0.25) is 0 Å². The third kappa shape index (κ3) is 4.41. The van der Waals surface area contributed by atoms with Crippen LogP contribution in [0.3, 0.4) is 0 Å². The van der Waals surface area contributed by atoms with Gasteiger partial charge in [0, 0.05) is 26.8 Å². The third-order valence-corrected chi connectivity index (χ3v) is 3.28. The van der Waals surface area contributed by atoms with E-state index in [-0.39, 0.29) is 17.6 Å². The predicted molar refractivity (Wildman–Crippen MR) is 79.3 cm³/mol. The van der Waals surface area contributed by atoms with Gasteiger partial charge in [-0.1, -0.05) is 5.16 Å². The number of halogens is 1. The Hall–Kier alpha value is -1.67. The quantitative estimate of drug-likeness (QED) is 0.783. The summed E-state index contributed by atoms with van der Waals surface area (Å²) in [5.74, 6) is 0.202. The number of anilines is 1. The molecule has 0 aliphatic rings. The molecule has 7 nitrogen and oxygen atoms in total. The van der Waals surface area contributed by atoms with E-state index < -0.39 is 18.0 Å². The van der Waals surface area contributed by atoms with Gasteiger partial charge in [-0.15, -0.1) is 0 Å². The van der Waals surface area contributed by atoms with Crippen molar-refractivity contribution >= 4 is 11.8 Å². The van der Waals surface area contributed by atoms with E-state index >= 15 is 0 Å². The molecule has 0 aliphatic carbocycles. The molecule has 1 aromatic heterocycles. The maximum absolute atomic E-state index is 13.7. The molecule has 0 bridgehead atoms. The van der Waals surface area contributed by atoms with E-state index in [4.69, 9.17) is 14.0 Å². The second-order valence-corrected chi connectivity index (χ2v) is 5.35. The van der Waals surface area contributed by atoms with Crippen LogP contribution in [0.25, 0.3) is 0 Å². The lowest BCUT2D eigenvalue weighted by Gasteiger charge is -2.32. The second kappa shape index (κ2) is 7.55. The van der Waals surface area contributed by atoms with Crippen molar-refractivity contribution in [2.45, 2.75) is 45.7 Å². The fourth-order valence-electron chi connectivity index (χ4n) is 2.05. The van der Waals surface area contributed by atoms with Crippen LogP contribution < -0.4 is 5.32 Å². The molecule has 1 unspecified atom stereocenters. The van der Waals surface area contributed by atoms with Crippen molar-refractivity contribution in [2.24, 2.45) is 0 Å². The van der Waals surface area contributed by atoms with Crippen LogP contribution in [0, 0.1) is 0 Å². The molecule has 0 radical (unpaired) electrons. The van der Waals surface area contributed by atoms with Gasteiger partial charge in [0.15, 0.2) is 23.5 Å². The molecule has 126 valence electrons. The summed E-state index contributed by atoms with van der Waals surface area (Å²) in [6, 6.07) is 0.648. The SMILES string of the molecule is CCN(C(=O)Nc1cc(C(C)(C)F)on1)C(C)C(OC)OC. The van der Waals surface area contributed by atoms with Crippen LogP contribution in [0.5, 0.6) is 0 Å². The monoisotopic (exact) mass is 317 g/mol. The van der Waals surface area contributed by atoms with Gasteiger partial charge in [-0.05, 0) is 27.7 Å². The summed E-state index contributed by atoms with van der Waals surface area (Å²) < 4.78 is 28.9. The molecule has 1 rings (SSSR count). The van der Waals surface area contributed by atoms with Crippen LogP contribution >= 0.6 is 0 Å². The number of carbonyl (C=O) groups is 1. The summed E-state index contributed by atoms with van der Waals surface area (Å²) in [5.41, 5.74) is -1.66. The number of nitrogens with zero attached hydrogens (tertiary/aromatic N) is 2. The summed E-state index contributed by atoms with van der Waals surface area (Å²) >= 11 is 0. The predicted octanol–water partition coefficient (Wildman–Crippen LogP) is 2.74. The number of carbonyl (C=O) groups excluding carboxylic acids is 1. The van der Waals surface area contributed by atoms with Crippen molar-refractivity contribution in [1.82, 2.24) is 10.1 Å². The maximum atomic E-state index is 13.7. The van der Waals surface area contributed by atoms with E-state index in [2.05, 4.69) is 10.5 Å². The van der Waals surface area contributed by atoms with Crippen molar-refractivity contribution in [3.63, 3.8) is 0 Å². The number of nitrogens with one attached hydrogen (secondary N) is 1. The molecule has 0 saturated carbocycles. The van der Waals surface area contributed by atoms with E-state index in [0.717, 1.165) is 0 Å². The minimum Gasteiger partial charge on any atom is -0.356 e. The van der Waals surface area contributed by atoms with Gasteiger partial charge in [0.05, 0.1) is 6.04 Å². The molecule has 22 heavy (non-hydrogen) atoms. The first kappa shape index (κ1) is 18.4. The van der Waals surface area contributed by atoms with Crippen LogP contribution in [0.4, 0.5) is 15.0 Å². The van der Waals surface area contributed by atoms with E-state index in [1.807, 2.05) is 6.92 Å². The summed E-state index contributed by atoms with van der Waals surface area (Å²) in [7, 11) is 3.01. The molecule has 2 amide bonds. The fraction of sp³-hybridized carbons (Fsp3) is 0.714. The average molecular weight is 317 g/mol. The first-order valence-electron chi connectivity index (χ1n) is 7.03. The molecule has 8 heteroatoms. The Bertz CT molecular complexity index is 483. The fourth-order valence-corrected chi connectivity index (χ4v) is 2.05. The molecular formula is C14H24FN3O4. The van der Waals surface area contributed by atoms with Gasteiger partial charge in [0.1, 0.15) is 0 Å². The molecule has 1 N–H and O–H groups in total. The van der Waals surface area contributed by atoms with Gasteiger partial charge in [0.2, 0.25) is 0 Å². The molecule has 0 aromatic carbocycles. The number of hydrogen-bond acceptors (Lipinski definition) is 5. The van der Waals surface area contributed by atoms with Gasteiger partial charge in [-0.2, -0.15) is 0 Å². The number of amides is 2. The van der Waals surface area contributed by atoms with Crippen molar-refractivity contribution in [3.8, 4) is 0 Å². The zero-order valence-electron chi connectivity index (χ0n) is 13.8. The van der Waals surface area contributed by atoms with E-state index in [1.54, 1.807) is 6.92 Å². The Kier molecular flexibility index (Phi) is 6.31. The molecule has 1 heterocycles. The summed E-state index contributed by atoms with van der Waals surface area (Å²) in [5, 5.41) is 6.22. The van der Waals surface area contributed by atoms with Crippen molar-refractivity contribution in [2.75, 3.05) is 26.1 Å². The number of likely N-dealkylation sites (N-methyl/N-ethyl adjacent to an activating group) is 1. The van der Waals surface area contributed by atoms with E-state index in [9.17, 15) is 9.18 Å². The van der Waals surface area contributed by atoms with Gasteiger partial charge in [0.25, 0.3) is 0 Å². The second-order valence-electron chi connectivity index (χ2n) is 5.35. The number of aromatic nitrogens is 1. The standard InChI is InChI=1S/C14H24FN3O4/c1-7-18(9(2)12(20-5)21-6)13(19)16-11-8-10(22-17-11)14(3,4)15/h8-9,12H,7H2,1-6H3,(H,16,17,19). The zero-order chi connectivity index (χ0) is 16.9. The van der Waals surface area contributed by atoms with Gasteiger partial charge < -0.3 is 18.9 Å². The van der Waals surface area contributed by atoms with Crippen molar-refractivity contribution in [3.05, 3.63) is 11.8 Å². The minimum absolute atomic E-state index is 0.0468. The van der Waals surface area contributed by atoms with Crippen LogP contribution in [-0.2, 0) is 15.1 Å². The lowest BCUT2D eigenvalue weighted by molar-refractivity contribution is -0.135. The van der Waals surface area contributed by atoms with Crippen LogP contribution in [0.1, 0.15) is 33.5 Å². The number of alkyl halides is 1. The van der Waals surface area contributed by atoms with Crippen molar-refractivity contribution in [1.29, 1.82) is 0 Å². The maximum Gasteiger partial charge on any atom is 0.323 e.